The zero-order valence-corrected chi connectivity index (χ0v) is 13.7. The van der Waals surface area contributed by atoms with Gasteiger partial charge in [-0.15, -0.1) is 0 Å². The Morgan fingerprint density at radius 1 is 1.14 bits per heavy atom. The van der Waals surface area contributed by atoms with Gasteiger partial charge in [-0.3, -0.25) is 4.79 Å². The minimum atomic E-state index is 0.602. The Morgan fingerprint density at radius 2 is 1.86 bits per heavy atom. The van der Waals surface area contributed by atoms with Gasteiger partial charge in [0.2, 0.25) is 0 Å². The van der Waals surface area contributed by atoms with E-state index in [1.165, 1.54) is 56.9 Å². The fourth-order valence-corrected chi connectivity index (χ4v) is 3.94. The molecule has 21 heavy (non-hydrogen) atoms. The fraction of sp³-hybridized carbons (Fsp3) is 0.650. The van der Waals surface area contributed by atoms with E-state index < -0.39 is 0 Å². The lowest BCUT2D eigenvalue weighted by Gasteiger charge is -2.33. The molecule has 1 saturated carbocycles. The molecular weight excluding hydrogens is 256 g/mol. The largest absolute Gasteiger partial charge is 0.298 e. The molecule has 1 fully saturated rings. The molecule has 0 radical (unpaired) electrons. The highest BCUT2D eigenvalue weighted by molar-refractivity contribution is 5.77. The lowest BCUT2D eigenvalue weighted by atomic mass is 9.72. The van der Waals surface area contributed by atoms with Gasteiger partial charge in [0.1, 0.15) is 6.29 Å². The maximum absolute atomic E-state index is 11.2. The number of carbonyl (C=O) groups excluding carboxylic acids is 1. The summed E-state index contributed by atoms with van der Waals surface area (Å²) in [6.45, 7) is 4.72. The molecule has 1 aliphatic rings. The van der Waals surface area contributed by atoms with Gasteiger partial charge in [-0.05, 0) is 49.0 Å². The number of aldehydes is 1. The fourth-order valence-electron chi connectivity index (χ4n) is 3.94. The van der Waals surface area contributed by atoms with Gasteiger partial charge in [-0.2, -0.15) is 0 Å². The van der Waals surface area contributed by atoms with Crippen LogP contribution in [0.2, 0.25) is 0 Å². The van der Waals surface area contributed by atoms with Crippen LogP contribution in [0, 0.1) is 11.8 Å². The first-order valence-electron chi connectivity index (χ1n) is 8.80. The van der Waals surface area contributed by atoms with Crippen molar-refractivity contribution >= 4 is 6.29 Å². The maximum Gasteiger partial charge on any atom is 0.150 e. The minimum absolute atomic E-state index is 0.602. The predicted molar refractivity (Wildman–Crippen MR) is 89.8 cm³/mol. The monoisotopic (exact) mass is 286 g/mol. The molecule has 0 bridgehead atoms. The molecule has 0 heterocycles. The maximum atomic E-state index is 11.2. The third-order valence-electron chi connectivity index (χ3n) is 5.40. The summed E-state index contributed by atoms with van der Waals surface area (Å²) in [5.74, 6) is 2.38. The van der Waals surface area contributed by atoms with Crippen LogP contribution in [0.1, 0.15) is 87.1 Å². The van der Waals surface area contributed by atoms with Crippen LogP contribution < -0.4 is 0 Å². The zero-order valence-electron chi connectivity index (χ0n) is 13.7. The van der Waals surface area contributed by atoms with Crippen molar-refractivity contribution in [1.29, 1.82) is 0 Å². The normalized spacial score (nSPS) is 23.7. The van der Waals surface area contributed by atoms with Crippen molar-refractivity contribution in [1.82, 2.24) is 0 Å². The summed E-state index contributed by atoms with van der Waals surface area (Å²) < 4.78 is 0. The highest BCUT2D eigenvalue weighted by Gasteiger charge is 2.26. The van der Waals surface area contributed by atoms with E-state index >= 15 is 0 Å². The Bertz CT molecular complexity index is 429. The summed E-state index contributed by atoms with van der Waals surface area (Å²) in [7, 11) is 0. The predicted octanol–water partition coefficient (Wildman–Crippen LogP) is 5.99. The van der Waals surface area contributed by atoms with Gasteiger partial charge in [0, 0.05) is 5.56 Å². The van der Waals surface area contributed by atoms with E-state index in [-0.39, 0.29) is 0 Å². The highest BCUT2D eigenvalue weighted by atomic mass is 16.1. The van der Waals surface area contributed by atoms with Crippen LogP contribution in [-0.4, -0.2) is 6.29 Å². The second-order valence-corrected chi connectivity index (χ2v) is 6.83. The Hall–Kier alpha value is -1.11. The first kappa shape index (κ1) is 16.3. The van der Waals surface area contributed by atoms with E-state index in [2.05, 4.69) is 26.0 Å². The van der Waals surface area contributed by atoms with Crippen molar-refractivity contribution in [2.75, 3.05) is 0 Å². The van der Waals surface area contributed by atoms with Crippen LogP contribution in [0.5, 0.6) is 0 Å². The Balaban J connectivity index is 1.86. The average molecular weight is 286 g/mol. The number of unbranched alkanes of at least 4 members (excludes halogenated alkanes) is 2. The van der Waals surface area contributed by atoms with E-state index in [1.807, 2.05) is 12.1 Å². The Morgan fingerprint density at radius 3 is 2.52 bits per heavy atom. The Labute approximate surface area is 130 Å². The molecule has 116 valence electrons. The summed E-state index contributed by atoms with van der Waals surface area (Å²) in [5.41, 5.74) is 2.18. The summed E-state index contributed by atoms with van der Waals surface area (Å²) in [6.07, 6.45) is 11.7. The van der Waals surface area contributed by atoms with Gasteiger partial charge >= 0.3 is 0 Å². The zero-order chi connectivity index (χ0) is 15.1. The summed E-state index contributed by atoms with van der Waals surface area (Å²) in [4.78, 5) is 11.2. The van der Waals surface area contributed by atoms with E-state index in [0.717, 1.165) is 23.7 Å². The average Bonchev–Trinajstić information content (AvgIpc) is 2.55. The molecule has 0 spiro atoms. The SMILES string of the molecule is CCCCCC(C)C1CCC(c2ccccc2C=O)CC1. The van der Waals surface area contributed by atoms with Crippen LogP contribution in [-0.2, 0) is 0 Å². The highest BCUT2D eigenvalue weighted by Crippen LogP contribution is 2.40. The van der Waals surface area contributed by atoms with Crippen LogP contribution in [0.3, 0.4) is 0 Å². The van der Waals surface area contributed by atoms with Gasteiger partial charge in [0.15, 0.2) is 0 Å². The molecule has 0 amide bonds. The van der Waals surface area contributed by atoms with Crippen molar-refractivity contribution in [2.45, 2.75) is 71.1 Å². The molecule has 0 saturated heterocycles. The van der Waals surface area contributed by atoms with Crippen LogP contribution in [0.25, 0.3) is 0 Å². The standard InChI is InChI=1S/C20H30O/c1-3-4-5-8-16(2)17-11-13-18(14-12-17)20-10-7-6-9-19(20)15-21/h6-7,9-10,15-18H,3-5,8,11-14H2,1-2H3. The lowest BCUT2D eigenvalue weighted by molar-refractivity contribution is 0.112. The number of hydrogen-bond donors (Lipinski definition) is 0. The van der Waals surface area contributed by atoms with Gasteiger partial charge < -0.3 is 0 Å². The molecule has 1 atom stereocenters. The molecular formula is C20H30O. The molecule has 0 aliphatic heterocycles. The molecule has 1 aliphatic carbocycles. The quantitative estimate of drug-likeness (QED) is 0.444. The van der Waals surface area contributed by atoms with E-state index in [9.17, 15) is 4.79 Å². The molecule has 0 aromatic heterocycles. The van der Waals surface area contributed by atoms with Crippen molar-refractivity contribution < 1.29 is 4.79 Å². The second-order valence-electron chi connectivity index (χ2n) is 6.83. The Kier molecular flexibility index (Phi) is 6.48. The summed E-state index contributed by atoms with van der Waals surface area (Å²) >= 11 is 0. The van der Waals surface area contributed by atoms with Crippen LogP contribution in [0.4, 0.5) is 0 Å². The number of rotatable bonds is 7. The molecule has 1 nitrogen and oxygen atoms in total. The van der Waals surface area contributed by atoms with Crippen molar-refractivity contribution in [3.8, 4) is 0 Å². The molecule has 0 N–H and O–H groups in total. The van der Waals surface area contributed by atoms with E-state index in [4.69, 9.17) is 0 Å². The number of hydrogen-bond acceptors (Lipinski definition) is 1. The molecule has 1 aromatic rings. The van der Waals surface area contributed by atoms with E-state index in [0.29, 0.717) is 5.92 Å². The molecule has 2 rings (SSSR count). The van der Waals surface area contributed by atoms with Crippen molar-refractivity contribution in [2.24, 2.45) is 11.8 Å². The van der Waals surface area contributed by atoms with E-state index in [1.54, 1.807) is 0 Å². The second kappa shape index (κ2) is 8.36. The summed E-state index contributed by atoms with van der Waals surface area (Å²) in [6, 6.07) is 8.15. The lowest BCUT2D eigenvalue weighted by Crippen LogP contribution is -2.20. The first-order chi connectivity index (χ1) is 10.3. The first-order valence-corrected chi connectivity index (χ1v) is 8.80. The van der Waals surface area contributed by atoms with Crippen LogP contribution >= 0.6 is 0 Å². The van der Waals surface area contributed by atoms with Gasteiger partial charge in [-0.25, -0.2) is 0 Å². The topological polar surface area (TPSA) is 17.1 Å². The van der Waals surface area contributed by atoms with Crippen molar-refractivity contribution in [3.63, 3.8) is 0 Å². The molecule has 1 aromatic carbocycles. The molecule has 1 heteroatoms. The smallest absolute Gasteiger partial charge is 0.150 e. The van der Waals surface area contributed by atoms with Gasteiger partial charge in [-0.1, -0.05) is 63.8 Å². The molecule has 1 unspecified atom stereocenters. The third-order valence-corrected chi connectivity index (χ3v) is 5.40. The van der Waals surface area contributed by atoms with Crippen LogP contribution in [0.15, 0.2) is 24.3 Å². The third kappa shape index (κ3) is 4.43. The minimum Gasteiger partial charge on any atom is -0.298 e. The van der Waals surface area contributed by atoms with Gasteiger partial charge in [0.25, 0.3) is 0 Å². The van der Waals surface area contributed by atoms with Gasteiger partial charge in [0.05, 0.1) is 0 Å². The van der Waals surface area contributed by atoms with Crippen molar-refractivity contribution in [3.05, 3.63) is 35.4 Å². The summed E-state index contributed by atoms with van der Waals surface area (Å²) in [5, 5.41) is 0. The number of carbonyl (C=O) groups is 1. The number of benzene rings is 1.